The van der Waals surface area contributed by atoms with Crippen LogP contribution in [0.5, 0.6) is 0 Å². The van der Waals surface area contributed by atoms with Gasteiger partial charge in [0.05, 0.1) is 5.69 Å². The highest BCUT2D eigenvalue weighted by molar-refractivity contribution is 5.90. The Morgan fingerprint density at radius 1 is 1.21 bits per heavy atom. The number of nitrogens with one attached hydrogen (secondary N) is 2. The Labute approximate surface area is 138 Å². The molecule has 1 saturated heterocycles. The van der Waals surface area contributed by atoms with Gasteiger partial charge in [0, 0.05) is 24.2 Å². The van der Waals surface area contributed by atoms with Crippen LogP contribution in [0.4, 0.5) is 5.95 Å². The first-order valence-corrected chi connectivity index (χ1v) is 8.11. The normalized spacial score (nSPS) is 17.3. The number of aromatic amines is 2. The van der Waals surface area contributed by atoms with Crippen molar-refractivity contribution in [1.29, 1.82) is 0 Å². The number of nitrogens with zero attached hydrogens (tertiary/aromatic N) is 3. The van der Waals surface area contributed by atoms with E-state index in [1.54, 1.807) is 0 Å². The van der Waals surface area contributed by atoms with Crippen molar-refractivity contribution < 1.29 is 0 Å². The average molecular weight is 324 g/mol. The first kappa shape index (κ1) is 14.9. The Balaban J connectivity index is 1.74. The number of rotatable bonds is 2. The molecule has 7 heteroatoms. The van der Waals surface area contributed by atoms with Gasteiger partial charge in [0.15, 0.2) is 5.65 Å². The summed E-state index contributed by atoms with van der Waals surface area (Å²) in [5.41, 5.74) is 7.89. The van der Waals surface area contributed by atoms with E-state index in [4.69, 9.17) is 5.73 Å². The lowest BCUT2D eigenvalue weighted by molar-refractivity contribution is 0.362. The van der Waals surface area contributed by atoms with E-state index in [1.807, 2.05) is 30.3 Å². The maximum Gasteiger partial charge on any atom is 0.264 e. The van der Waals surface area contributed by atoms with Crippen molar-refractivity contribution in [3.8, 4) is 11.3 Å². The largest absolute Gasteiger partial charge is 0.342 e. The van der Waals surface area contributed by atoms with E-state index in [0.29, 0.717) is 22.7 Å². The quantitative estimate of drug-likeness (QED) is 0.665. The molecular formula is C17H20N6O. The second kappa shape index (κ2) is 5.45. The Hall–Kier alpha value is -2.67. The molecule has 2 aromatic heterocycles. The summed E-state index contributed by atoms with van der Waals surface area (Å²) in [5.74, 6) is 0.564. The third-order valence-corrected chi connectivity index (χ3v) is 4.68. The SMILES string of the molecule is CC1(N)CCN(c2nc3n[nH]c(-c4ccccc4)c3c(=O)[nH]2)CC1. The summed E-state index contributed by atoms with van der Waals surface area (Å²) in [4.78, 5) is 22.1. The number of hydrogen-bond acceptors (Lipinski definition) is 5. The van der Waals surface area contributed by atoms with Gasteiger partial charge in [0.25, 0.3) is 5.56 Å². The molecule has 0 bridgehead atoms. The van der Waals surface area contributed by atoms with Crippen LogP contribution in [0.25, 0.3) is 22.3 Å². The Kier molecular flexibility index (Phi) is 3.38. The van der Waals surface area contributed by atoms with Crippen molar-refractivity contribution >= 4 is 17.0 Å². The highest BCUT2D eigenvalue weighted by atomic mass is 16.1. The summed E-state index contributed by atoms with van der Waals surface area (Å²) in [6, 6.07) is 9.66. The zero-order chi connectivity index (χ0) is 16.7. The van der Waals surface area contributed by atoms with Gasteiger partial charge < -0.3 is 10.6 Å². The van der Waals surface area contributed by atoms with E-state index in [-0.39, 0.29) is 11.1 Å². The van der Waals surface area contributed by atoms with Gasteiger partial charge in [-0.3, -0.25) is 14.9 Å². The standard InChI is InChI=1S/C17H20N6O/c1-17(18)7-9-23(10-8-17)16-19-14-12(15(24)20-16)13(21-22-14)11-5-3-2-4-6-11/h2-6H,7-10,18H2,1H3,(H2,19,20,21,22,24). The molecule has 0 radical (unpaired) electrons. The van der Waals surface area contributed by atoms with Crippen molar-refractivity contribution in [3.05, 3.63) is 40.7 Å². The molecule has 4 rings (SSSR count). The van der Waals surface area contributed by atoms with Crippen molar-refractivity contribution in [1.82, 2.24) is 20.2 Å². The lowest BCUT2D eigenvalue weighted by atomic mass is 9.91. The molecule has 7 nitrogen and oxygen atoms in total. The van der Waals surface area contributed by atoms with Gasteiger partial charge in [0.2, 0.25) is 5.95 Å². The monoisotopic (exact) mass is 324 g/mol. The van der Waals surface area contributed by atoms with Gasteiger partial charge in [0.1, 0.15) is 5.39 Å². The minimum atomic E-state index is -0.177. The van der Waals surface area contributed by atoms with Crippen molar-refractivity contribution in [2.45, 2.75) is 25.3 Å². The van der Waals surface area contributed by atoms with E-state index in [0.717, 1.165) is 31.5 Å². The van der Waals surface area contributed by atoms with Crippen LogP contribution in [-0.2, 0) is 0 Å². The number of nitrogens with two attached hydrogens (primary N) is 1. The fourth-order valence-corrected chi connectivity index (χ4v) is 3.11. The third-order valence-electron chi connectivity index (χ3n) is 4.68. The van der Waals surface area contributed by atoms with Gasteiger partial charge in [-0.05, 0) is 19.8 Å². The molecule has 3 aromatic rings. The van der Waals surface area contributed by atoms with Crippen molar-refractivity contribution in [2.75, 3.05) is 18.0 Å². The van der Waals surface area contributed by atoms with E-state index >= 15 is 0 Å². The van der Waals surface area contributed by atoms with Crippen molar-refractivity contribution in [3.63, 3.8) is 0 Å². The Morgan fingerprint density at radius 2 is 1.92 bits per heavy atom. The molecule has 1 fully saturated rings. The topological polar surface area (TPSA) is 104 Å². The van der Waals surface area contributed by atoms with Crippen LogP contribution in [0.3, 0.4) is 0 Å². The highest BCUT2D eigenvalue weighted by Gasteiger charge is 2.27. The Morgan fingerprint density at radius 3 is 2.62 bits per heavy atom. The van der Waals surface area contributed by atoms with Gasteiger partial charge in [-0.2, -0.15) is 10.1 Å². The maximum atomic E-state index is 12.6. The van der Waals surface area contributed by atoms with Crippen LogP contribution in [-0.4, -0.2) is 38.8 Å². The first-order chi connectivity index (χ1) is 11.5. The highest BCUT2D eigenvalue weighted by Crippen LogP contribution is 2.25. The lowest BCUT2D eigenvalue weighted by Gasteiger charge is -2.36. The molecule has 124 valence electrons. The smallest absolute Gasteiger partial charge is 0.264 e. The second-order valence-corrected chi connectivity index (χ2v) is 6.69. The van der Waals surface area contributed by atoms with Crippen LogP contribution >= 0.6 is 0 Å². The van der Waals surface area contributed by atoms with Crippen LogP contribution < -0.4 is 16.2 Å². The molecular weight excluding hydrogens is 304 g/mol. The summed E-state index contributed by atoms with van der Waals surface area (Å²) < 4.78 is 0. The lowest BCUT2D eigenvalue weighted by Crippen LogP contribution is -2.48. The Bertz CT molecular complexity index is 917. The molecule has 1 aliphatic heterocycles. The van der Waals surface area contributed by atoms with Gasteiger partial charge in [-0.1, -0.05) is 30.3 Å². The number of anilines is 1. The van der Waals surface area contributed by atoms with E-state index in [9.17, 15) is 4.79 Å². The average Bonchev–Trinajstić information content (AvgIpc) is 3.00. The number of hydrogen-bond donors (Lipinski definition) is 3. The number of benzene rings is 1. The molecule has 24 heavy (non-hydrogen) atoms. The predicted octanol–water partition coefficient (Wildman–Crippen LogP) is 1.63. The number of piperidine rings is 1. The summed E-state index contributed by atoms with van der Waals surface area (Å²) in [6.07, 6.45) is 1.73. The molecule has 1 aliphatic rings. The van der Waals surface area contributed by atoms with Crippen LogP contribution in [0.1, 0.15) is 19.8 Å². The fourth-order valence-electron chi connectivity index (χ4n) is 3.11. The van der Waals surface area contributed by atoms with Crippen LogP contribution in [0.15, 0.2) is 35.1 Å². The molecule has 0 amide bonds. The molecule has 0 aliphatic carbocycles. The molecule has 4 N–H and O–H groups in total. The molecule has 0 atom stereocenters. The minimum absolute atomic E-state index is 0.145. The van der Waals surface area contributed by atoms with E-state index < -0.39 is 0 Å². The molecule has 0 spiro atoms. The zero-order valence-electron chi connectivity index (χ0n) is 13.5. The van der Waals surface area contributed by atoms with E-state index in [2.05, 4.69) is 32.0 Å². The summed E-state index contributed by atoms with van der Waals surface area (Å²) in [7, 11) is 0. The summed E-state index contributed by atoms with van der Waals surface area (Å²) >= 11 is 0. The third kappa shape index (κ3) is 2.56. The van der Waals surface area contributed by atoms with Crippen molar-refractivity contribution in [2.24, 2.45) is 5.73 Å². The maximum absolute atomic E-state index is 12.6. The zero-order valence-corrected chi connectivity index (χ0v) is 13.5. The number of H-pyrrole nitrogens is 2. The summed E-state index contributed by atoms with van der Waals surface area (Å²) in [5, 5.41) is 7.67. The molecule has 0 saturated carbocycles. The van der Waals surface area contributed by atoms with Crippen LogP contribution in [0.2, 0.25) is 0 Å². The predicted molar refractivity (Wildman–Crippen MR) is 94.0 cm³/mol. The number of fused-ring (bicyclic) bond motifs is 1. The fraction of sp³-hybridized carbons (Fsp3) is 0.353. The molecule has 1 aromatic carbocycles. The van der Waals surface area contributed by atoms with Gasteiger partial charge in [-0.15, -0.1) is 0 Å². The minimum Gasteiger partial charge on any atom is -0.342 e. The van der Waals surface area contributed by atoms with Gasteiger partial charge in [-0.25, -0.2) is 0 Å². The second-order valence-electron chi connectivity index (χ2n) is 6.69. The first-order valence-electron chi connectivity index (χ1n) is 8.11. The van der Waals surface area contributed by atoms with E-state index in [1.165, 1.54) is 0 Å². The summed E-state index contributed by atoms with van der Waals surface area (Å²) in [6.45, 7) is 3.61. The van der Waals surface area contributed by atoms with Crippen LogP contribution in [0, 0.1) is 0 Å². The van der Waals surface area contributed by atoms with Gasteiger partial charge >= 0.3 is 0 Å². The molecule has 3 heterocycles. The molecule has 0 unspecified atom stereocenters. The number of aromatic nitrogens is 4.